The second-order valence-electron chi connectivity index (χ2n) is 8.53. The number of aromatic nitrogens is 1. The maximum Gasteiger partial charge on any atom is 0.251 e. The zero-order valence-corrected chi connectivity index (χ0v) is 18.2. The fourth-order valence-corrected chi connectivity index (χ4v) is 4.61. The van der Waals surface area contributed by atoms with E-state index in [0.717, 1.165) is 49.1 Å². The van der Waals surface area contributed by atoms with Crippen LogP contribution in [0.2, 0.25) is 0 Å². The Morgan fingerprint density at radius 2 is 1.47 bits per heavy atom. The van der Waals surface area contributed by atoms with Crippen molar-refractivity contribution >= 4 is 10.9 Å². The number of hydrogen-bond acceptors (Lipinski definition) is 3. The van der Waals surface area contributed by atoms with Crippen molar-refractivity contribution in [2.75, 3.05) is 13.1 Å². The molecule has 1 fully saturated rings. The number of hydrogen-bond donors (Lipinski definition) is 0. The molecule has 0 radical (unpaired) electrons. The quantitative estimate of drug-likeness (QED) is 0.415. The summed E-state index contributed by atoms with van der Waals surface area (Å²) in [4.78, 5) is 15.1. The molecule has 4 nitrogen and oxygen atoms in total. The van der Waals surface area contributed by atoms with Crippen molar-refractivity contribution in [2.24, 2.45) is 0 Å². The first-order valence-corrected chi connectivity index (χ1v) is 11.3. The van der Waals surface area contributed by atoms with Crippen molar-refractivity contribution < 1.29 is 4.74 Å². The molecule has 1 aliphatic heterocycles. The number of fused-ring (bicyclic) bond motifs is 1. The zero-order chi connectivity index (χ0) is 21.8. The number of para-hydroxylation sites is 1. The van der Waals surface area contributed by atoms with Crippen LogP contribution in [0.1, 0.15) is 30.0 Å². The van der Waals surface area contributed by atoms with E-state index in [1.807, 2.05) is 41.0 Å². The SMILES string of the molecule is O=c1ccc2ccccc2n1C1CCN(Cc2ccc(OCc3ccccc3)cc2)CC1. The Labute approximate surface area is 188 Å². The maximum absolute atomic E-state index is 12.6. The third-order valence-electron chi connectivity index (χ3n) is 6.34. The molecule has 4 heteroatoms. The van der Waals surface area contributed by atoms with Crippen molar-refractivity contribution in [3.8, 4) is 5.75 Å². The normalized spacial score (nSPS) is 15.1. The minimum atomic E-state index is 0.105. The highest BCUT2D eigenvalue weighted by atomic mass is 16.5. The summed E-state index contributed by atoms with van der Waals surface area (Å²) >= 11 is 0. The topological polar surface area (TPSA) is 34.5 Å². The molecular weight excluding hydrogens is 396 g/mol. The molecule has 0 spiro atoms. The van der Waals surface area contributed by atoms with Crippen LogP contribution in [0.5, 0.6) is 5.75 Å². The lowest BCUT2D eigenvalue weighted by atomic mass is 10.0. The smallest absolute Gasteiger partial charge is 0.251 e. The lowest BCUT2D eigenvalue weighted by molar-refractivity contribution is 0.180. The molecule has 1 saturated heterocycles. The first kappa shape index (κ1) is 20.5. The van der Waals surface area contributed by atoms with E-state index in [1.54, 1.807) is 6.07 Å². The second-order valence-corrected chi connectivity index (χ2v) is 8.53. The molecule has 0 atom stereocenters. The highest BCUT2D eigenvalue weighted by Crippen LogP contribution is 2.26. The minimum Gasteiger partial charge on any atom is -0.489 e. The molecule has 4 aromatic rings. The molecule has 0 saturated carbocycles. The van der Waals surface area contributed by atoms with Gasteiger partial charge in [-0.1, -0.05) is 60.7 Å². The second kappa shape index (κ2) is 9.41. The van der Waals surface area contributed by atoms with Crippen LogP contribution in [0, 0.1) is 0 Å². The average molecular weight is 425 g/mol. The first-order chi connectivity index (χ1) is 15.8. The van der Waals surface area contributed by atoms with Gasteiger partial charge >= 0.3 is 0 Å². The van der Waals surface area contributed by atoms with E-state index in [1.165, 1.54) is 11.1 Å². The largest absolute Gasteiger partial charge is 0.489 e. The summed E-state index contributed by atoms with van der Waals surface area (Å²) in [5.74, 6) is 0.895. The van der Waals surface area contributed by atoms with Crippen LogP contribution in [0.4, 0.5) is 0 Å². The highest BCUT2D eigenvalue weighted by molar-refractivity contribution is 5.78. The minimum absolute atomic E-state index is 0.105. The molecule has 1 aromatic heterocycles. The van der Waals surface area contributed by atoms with Crippen molar-refractivity contribution in [1.82, 2.24) is 9.47 Å². The molecule has 3 aromatic carbocycles. The van der Waals surface area contributed by atoms with Gasteiger partial charge in [-0.25, -0.2) is 0 Å². The summed E-state index contributed by atoms with van der Waals surface area (Å²) in [5.41, 5.74) is 3.61. The van der Waals surface area contributed by atoms with Crippen molar-refractivity contribution in [1.29, 1.82) is 0 Å². The van der Waals surface area contributed by atoms with E-state index >= 15 is 0 Å². The lowest BCUT2D eigenvalue weighted by Crippen LogP contribution is -2.37. The molecule has 5 rings (SSSR count). The number of likely N-dealkylation sites (tertiary alicyclic amines) is 1. The van der Waals surface area contributed by atoms with Gasteiger partial charge in [0.1, 0.15) is 12.4 Å². The highest BCUT2D eigenvalue weighted by Gasteiger charge is 2.22. The van der Waals surface area contributed by atoms with E-state index in [9.17, 15) is 4.79 Å². The Kier molecular flexibility index (Phi) is 6.04. The van der Waals surface area contributed by atoms with Crippen LogP contribution >= 0.6 is 0 Å². The van der Waals surface area contributed by atoms with Gasteiger partial charge in [-0.05, 0) is 53.6 Å². The molecule has 1 aliphatic rings. The van der Waals surface area contributed by atoms with Gasteiger partial charge in [0, 0.05) is 31.7 Å². The van der Waals surface area contributed by atoms with Gasteiger partial charge < -0.3 is 9.30 Å². The van der Waals surface area contributed by atoms with Gasteiger partial charge in [0.2, 0.25) is 0 Å². The van der Waals surface area contributed by atoms with Crippen molar-refractivity contribution in [3.05, 3.63) is 112 Å². The Morgan fingerprint density at radius 1 is 0.750 bits per heavy atom. The summed E-state index contributed by atoms with van der Waals surface area (Å²) in [6.45, 7) is 3.50. The Morgan fingerprint density at radius 3 is 2.25 bits per heavy atom. The standard InChI is InChI=1S/C28H28N2O2/c31-28-15-12-24-8-4-5-9-27(24)30(28)25-16-18-29(19-17-25)20-22-10-13-26(14-11-22)32-21-23-6-2-1-3-7-23/h1-15,25H,16-21H2. The van der Waals surface area contributed by atoms with Crippen molar-refractivity contribution in [2.45, 2.75) is 32.0 Å². The molecule has 0 unspecified atom stereocenters. The van der Waals surface area contributed by atoms with Gasteiger partial charge in [-0.3, -0.25) is 9.69 Å². The third-order valence-corrected chi connectivity index (χ3v) is 6.34. The first-order valence-electron chi connectivity index (χ1n) is 11.3. The van der Waals surface area contributed by atoms with E-state index in [2.05, 4.69) is 53.4 Å². The molecular formula is C28H28N2O2. The zero-order valence-electron chi connectivity index (χ0n) is 18.2. The molecule has 0 bridgehead atoms. The molecule has 0 amide bonds. The fourth-order valence-electron chi connectivity index (χ4n) is 4.61. The van der Waals surface area contributed by atoms with Crippen LogP contribution in [0.15, 0.2) is 95.8 Å². The number of nitrogens with zero attached hydrogens (tertiary/aromatic N) is 2. The third kappa shape index (κ3) is 4.61. The van der Waals surface area contributed by atoms with Crippen LogP contribution in [-0.4, -0.2) is 22.6 Å². The Balaban J connectivity index is 1.18. The number of rotatable bonds is 6. The Hall–Kier alpha value is -3.37. The number of pyridine rings is 1. The van der Waals surface area contributed by atoms with Gasteiger partial charge in [0.25, 0.3) is 5.56 Å². The summed E-state index contributed by atoms with van der Waals surface area (Å²) in [6, 6.07) is 30.7. The summed E-state index contributed by atoms with van der Waals surface area (Å²) in [7, 11) is 0. The molecule has 32 heavy (non-hydrogen) atoms. The van der Waals surface area contributed by atoms with E-state index in [4.69, 9.17) is 4.74 Å². The number of benzene rings is 3. The van der Waals surface area contributed by atoms with Gasteiger partial charge in [-0.2, -0.15) is 0 Å². The van der Waals surface area contributed by atoms with E-state index < -0.39 is 0 Å². The molecule has 0 N–H and O–H groups in total. The van der Waals surface area contributed by atoms with Crippen LogP contribution in [0.25, 0.3) is 10.9 Å². The molecule has 162 valence electrons. The fraction of sp³-hybridized carbons (Fsp3) is 0.250. The van der Waals surface area contributed by atoms with Crippen LogP contribution in [-0.2, 0) is 13.2 Å². The predicted molar refractivity (Wildman–Crippen MR) is 129 cm³/mol. The predicted octanol–water partition coefficient (Wildman–Crippen LogP) is 5.42. The van der Waals surface area contributed by atoms with Crippen LogP contribution in [0.3, 0.4) is 0 Å². The van der Waals surface area contributed by atoms with E-state index in [-0.39, 0.29) is 11.6 Å². The average Bonchev–Trinajstić information content (AvgIpc) is 2.85. The number of ether oxygens (including phenoxy) is 1. The monoisotopic (exact) mass is 424 g/mol. The van der Waals surface area contributed by atoms with Gasteiger partial charge in [0.15, 0.2) is 0 Å². The Bertz CT molecular complexity index is 1220. The lowest BCUT2D eigenvalue weighted by Gasteiger charge is -2.33. The summed E-state index contributed by atoms with van der Waals surface area (Å²) < 4.78 is 7.91. The van der Waals surface area contributed by atoms with Gasteiger partial charge in [0.05, 0.1) is 5.52 Å². The maximum atomic E-state index is 12.6. The van der Waals surface area contributed by atoms with Gasteiger partial charge in [-0.15, -0.1) is 0 Å². The van der Waals surface area contributed by atoms with Crippen LogP contribution < -0.4 is 10.3 Å². The molecule has 0 aliphatic carbocycles. The van der Waals surface area contributed by atoms with Crippen molar-refractivity contribution in [3.63, 3.8) is 0 Å². The van der Waals surface area contributed by atoms with E-state index in [0.29, 0.717) is 6.61 Å². The molecule has 2 heterocycles. The number of piperidine rings is 1. The summed E-state index contributed by atoms with van der Waals surface area (Å²) in [6.07, 6.45) is 1.98. The summed E-state index contributed by atoms with van der Waals surface area (Å²) in [5, 5.41) is 1.13.